The minimum Gasteiger partial charge on any atom is -0.343 e. The van der Waals surface area contributed by atoms with E-state index in [4.69, 9.17) is 11.6 Å². The zero-order valence-electron chi connectivity index (χ0n) is 15.9. The van der Waals surface area contributed by atoms with Crippen molar-refractivity contribution in [1.82, 2.24) is 15.1 Å². The number of nitrogens with zero attached hydrogens (tertiary/aromatic N) is 2. The lowest BCUT2D eigenvalue weighted by molar-refractivity contribution is -0.115. The van der Waals surface area contributed by atoms with Gasteiger partial charge in [-0.2, -0.15) is 5.10 Å². The molecule has 2 aromatic carbocycles. The summed E-state index contributed by atoms with van der Waals surface area (Å²) in [6.07, 6.45) is 1.48. The van der Waals surface area contributed by atoms with Gasteiger partial charge in [0.05, 0.1) is 29.7 Å². The van der Waals surface area contributed by atoms with Crippen LogP contribution >= 0.6 is 11.6 Å². The lowest BCUT2D eigenvalue weighted by atomic mass is 10.1. The van der Waals surface area contributed by atoms with Crippen LogP contribution in [0.4, 0.5) is 5.69 Å². The van der Waals surface area contributed by atoms with Crippen molar-refractivity contribution < 1.29 is 9.59 Å². The molecule has 0 fully saturated rings. The highest BCUT2D eigenvalue weighted by Gasteiger charge is 2.16. The Labute approximate surface area is 168 Å². The summed E-state index contributed by atoms with van der Waals surface area (Å²) in [4.78, 5) is 24.7. The van der Waals surface area contributed by atoms with Gasteiger partial charge in [0, 0.05) is 10.7 Å². The Morgan fingerprint density at radius 1 is 1.07 bits per heavy atom. The zero-order chi connectivity index (χ0) is 20.3. The molecule has 144 valence electrons. The number of hydrogen-bond acceptors (Lipinski definition) is 3. The molecule has 0 bridgehead atoms. The fourth-order valence-corrected chi connectivity index (χ4v) is 3.14. The van der Waals surface area contributed by atoms with E-state index in [0.717, 1.165) is 22.5 Å². The van der Waals surface area contributed by atoms with Crippen LogP contribution in [0.2, 0.25) is 5.02 Å². The second kappa shape index (κ2) is 8.27. The third-order valence-corrected chi connectivity index (χ3v) is 4.70. The number of hydrogen-bond donors (Lipinski definition) is 2. The Morgan fingerprint density at radius 2 is 1.75 bits per heavy atom. The van der Waals surface area contributed by atoms with E-state index in [9.17, 15) is 9.59 Å². The van der Waals surface area contributed by atoms with Gasteiger partial charge in [0.25, 0.3) is 5.91 Å². The first-order chi connectivity index (χ1) is 13.4. The molecule has 0 radical (unpaired) electrons. The highest BCUT2D eigenvalue weighted by atomic mass is 35.5. The summed E-state index contributed by atoms with van der Waals surface area (Å²) in [7, 11) is 0. The Balaban J connectivity index is 1.66. The highest BCUT2D eigenvalue weighted by Crippen LogP contribution is 2.19. The van der Waals surface area contributed by atoms with Gasteiger partial charge in [-0.1, -0.05) is 35.9 Å². The van der Waals surface area contributed by atoms with Crippen molar-refractivity contribution in [2.45, 2.75) is 20.8 Å². The molecule has 3 aromatic rings. The normalized spacial score (nSPS) is 10.6. The van der Waals surface area contributed by atoms with E-state index in [1.165, 1.54) is 6.20 Å². The van der Waals surface area contributed by atoms with E-state index >= 15 is 0 Å². The average Bonchev–Trinajstić information content (AvgIpc) is 3.04. The number of carbonyl (C=O) groups excluding carboxylic acids is 2. The van der Waals surface area contributed by atoms with Gasteiger partial charge in [0.2, 0.25) is 5.91 Å². The van der Waals surface area contributed by atoms with E-state index in [-0.39, 0.29) is 18.4 Å². The fourth-order valence-electron chi connectivity index (χ4n) is 2.95. The maximum atomic E-state index is 12.5. The van der Waals surface area contributed by atoms with E-state index in [0.29, 0.717) is 16.3 Å². The first kappa shape index (κ1) is 19.6. The lowest BCUT2D eigenvalue weighted by Gasteiger charge is -2.12. The summed E-state index contributed by atoms with van der Waals surface area (Å²) >= 11 is 6.02. The Hall–Kier alpha value is -3.12. The molecule has 0 atom stereocenters. The van der Waals surface area contributed by atoms with Gasteiger partial charge in [-0.3, -0.25) is 9.59 Å². The van der Waals surface area contributed by atoms with Crippen LogP contribution in [-0.4, -0.2) is 28.1 Å². The van der Waals surface area contributed by atoms with Gasteiger partial charge in [-0.05, 0) is 50.1 Å². The first-order valence-corrected chi connectivity index (χ1v) is 9.19. The molecule has 7 heteroatoms. The highest BCUT2D eigenvalue weighted by molar-refractivity contribution is 6.30. The molecule has 0 saturated heterocycles. The molecular weight excluding hydrogens is 376 g/mol. The first-order valence-electron chi connectivity index (χ1n) is 8.81. The van der Waals surface area contributed by atoms with E-state index in [2.05, 4.69) is 15.7 Å². The second-order valence-electron chi connectivity index (χ2n) is 6.53. The minimum atomic E-state index is -0.359. The maximum Gasteiger partial charge on any atom is 0.255 e. The summed E-state index contributed by atoms with van der Waals surface area (Å²) in [5, 5.41) is 10.3. The molecule has 3 rings (SSSR count). The van der Waals surface area contributed by atoms with Crippen LogP contribution in [0.25, 0.3) is 5.69 Å². The van der Waals surface area contributed by atoms with Crippen LogP contribution in [0.5, 0.6) is 0 Å². The number of amides is 2. The SMILES string of the molecule is Cc1cccc(C)c1NC(=O)CNC(=O)c1cnn(-c2cccc(Cl)c2)c1C. The predicted molar refractivity (Wildman–Crippen MR) is 110 cm³/mol. The number of anilines is 1. The molecule has 0 spiro atoms. The summed E-state index contributed by atoms with van der Waals surface area (Å²) in [5.74, 6) is -0.645. The molecule has 1 aromatic heterocycles. The molecule has 0 aliphatic rings. The summed E-state index contributed by atoms with van der Waals surface area (Å²) in [6, 6.07) is 13.0. The molecule has 0 aliphatic carbocycles. The minimum absolute atomic E-state index is 0.131. The lowest BCUT2D eigenvalue weighted by Crippen LogP contribution is -2.33. The van der Waals surface area contributed by atoms with Crippen LogP contribution in [-0.2, 0) is 4.79 Å². The second-order valence-corrected chi connectivity index (χ2v) is 6.97. The van der Waals surface area contributed by atoms with Crippen LogP contribution in [0.15, 0.2) is 48.7 Å². The molecule has 0 unspecified atom stereocenters. The van der Waals surface area contributed by atoms with Crippen LogP contribution in [0.3, 0.4) is 0 Å². The van der Waals surface area contributed by atoms with Crippen LogP contribution < -0.4 is 10.6 Å². The van der Waals surface area contributed by atoms with Gasteiger partial charge in [0.1, 0.15) is 0 Å². The Morgan fingerprint density at radius 3 is 2.43 bits per heavy atom. The summed E-state index contributed by atoms with van der Waals surface area (Å²) in [6.45, 7) is 5.51. The Bertz CT molecular complexity index is 1020. The van der Waals surface area contributed by atoms with Crippen molar-refractivity contribution in [3.63, 3.8) is 0 Å². The number of aromatic nitrogens is 2. The van der Waals surface area contributed by atoms with Crippen molar-refractivity contribution in [1.29, 1.82) is 0 Å². The number of aryl methyl sites for hydroxylation is 2. The van der Waals surface area contributed by atoms with Crippen molar-refractivity contribution >= 4 is 29.1 Å². The van der Waals surface area contributed by atoms with Crippen molar-refractivity contribution in [2.75, 3.05) is 11.9 Å². The number of carbonyl (C=O) groups is 2. The largest absolute Gasteiger partial charge is 0.343 e. The molecule has 1 heterocycles. The monoisotopic (exact) mass is 396 g/mol. The molecule has 0 saturated carbocycles. The zero-order valence-corrected chi connectivity index (χ0v) is 16.7. The van der Waals surface area contributed by atoms with E-state index in [1.807, 2.05) is 44.2 Å². The number of rotatable bonds is 5. The van der Waals surface area contributed by atoms with Crippen LogP contribution in [0, 0.1) is 20.8 Å². The Kier molecular flexibility index (Phi) is 5.80. The van der Waals surface area contributed by atoms with E-state index in [1.54, 1.807) is 23.7 Å². The molecular formula is C21H21ClN4O2. The summed E-state index contributed by atoms with van der Waals surface area (Å²) < 4.78 is 1.64. The third kappa shape index (κ3) is 4.23. The number of nitrogens with one attached hydrogen (secondary N) is 2. The van der Waals surface area contributed by atoms with Gasteiger partial charge >= 0.3 is 0 Å². The van der Waals surface area contributed by atoms with E-state index < -0.39 is 0 Å². The topological polar surface area (TPSA) is 76.0 Å². The van der Waals surface area contributed by atoms with Crippen molar-refractivity contribution in [2.24, 2.45) is 0 Å². The predicted octanol–water partition coefficient (Wildman–Crippen LogP) is 3.82. The smallest absolute Gasteiger partial charge is 0.255 e. The molecule has 0 aliphatic heterocycles. The van der Waals surface area contributed by atoms with Crippen molar-refractivity contribution in [3.8, 4) is 5.69 Å². The van der Waals surface area contributed by atoms with Crippen molar-refractivity contribution in [3.05, 3.63) is 76.1 Å². The molecule has 6 nitrogen and oxygen atoms in total. The number of para-hydroxylation sites is 1. The molecule has 28 heavy (non-hydrogen) atoms. The van der Waals surface area contributed by atoms with Gasteiger partial charge < -0.3 is 10.6 Å². The molecule has 2 amide bonds. The third-order valence-electron chi connectivity index (χ3n) is 4.46. The van der Waals surface area contributed by atoms with Gasteiger partial charge in [0.15, 0.2) is 0 Å². The molecule has 2 N–H and O–H groups in total. The fraction of sp³-hybridized carbons (Fsp3) is 0.190. The maximum absolute atomic E-state index is 12.5. The quantitative estimate of drug-likeness (QED) is 0.688. The number of benzene rings is 2. The standard InChI is InChI=1S/C21H21ClN4O2/c1-13-6-4-7-14(2)20(13)25-19(27)12-23-21(28)18-11-24-26(15(18)3)17-9-5-8-16(22)10-17/h4-11H,12H2,1-3H3,(H,23,28)(H,25,27). The van der Waals surface area contributed by atoms with Crippen LogP contribution in [0.1, 0.15) is 27.2 Å². The van der Waals surface area contributed by atoms with Gasteiger partial charge in [-0.15, -0.1) is 0 Å². The summed E-state index contributed by atoms with van der Waals surface area (Å²) in [5.41, 5.74) is 4.54. The number of halogens is 1. The van der Waals surface area contributed by atoms with Gasteiger partial charge in [-0.25, -0.2) is 4.68 Å². The average molecular weight is 397 g/mol.